The molecule has 0 aliphatic carbocycles. The molecule has 0 aliphatic rings. The molecule has 0 spiro atoms. The predicted octanol–water partition coefficient (Wildman–Crippen LogP) is 3.19. The van der Waals surface area contributed by atoms with Crippen molar-refractivity contribution in [1.29, 1.82) is 0 Å². The zero-order chi connectivity index (χ0) is 15.9. The van der Waals surface area contributed by atoms with Crippen molar-refractivity contribution < 1.29 is 19.8 Å². The molecule has 0 fully saturated rings. The van der Waals surface area contributed by atoms with Crippen LogP contribution in [0.4, 0.5) is 0 Å². The van der Waals surface area contributed by atoms with Crippen LogP contribution >= 0.6 is 32.9 Å². The van der Waals surface area contributed by atoms with Crippen LogP contribution in [0.15, 0.2) is 23.6 Å². The zero-order valence-corrected chi connectivity index (χ0v) is 14.0. The number of benzene rings is 1. The summed E-state index contributed by atoms with van der Waals surface area (Å²) in [6.45, 7) is 0.493. The number of amides is 1. The van der Waals surface area contributed by atoms with Crippen molar-refractivity contribution >= 4 is 54.9 Å². The lowest BCUT2D eigenvalue weighted by atomic mass is 10.1. The number of hydrogen-bond donors (Lipinski definition) is 3. The standard InChI is InChI=1S/C14H15NO4S3/c16-11-7-9(8-12-10(11)1-4-20-12)14(19)15-3-6-22-21-5-2-13(17)18/h1,4,7-8,16H,2-3,5-6H2,(H,15,19)(H,17,18). The highest BCUT2D eigenvalue weighted by atomic mass is 33.1. The maximum absolute atomic E-state index is 12.0. The molecule has 0 unspecified atom stereocenters. The van der Waals surface area contributed by atoms with E-state index in [1.54, 1.807) is 6.07 Å². The number of carbonyl (C=O) groups excluding carboxylic acids is 1. The number of carboxylic acid groups (broad SMARTS) is 1. The Morgan fingerprint density at radius 1 is 1.23 bits per heavy atom. The van der Waals surface area contributed by atoms with Gasteiger partial charge in [-0.1, -0.05) is 21.6 Å². The smallest absolute Gasteiger partial charge is 0.304 e. The third-order valence-corrected chi connectivity index (χ3v) is 6.04. The second-order valence-electron chi connectivity index (χ2n) is 4.37. The van der Waals surface area contributed by atoms with Crippen LogP contribution < -0.4 is 5.32 Å². The fourth-order valence-corrected chi connectivity index (χ4v) is 4.47. The largest absolute Gasteiger partial charge is 0.507 e. The van der Waals surface area contributed by atoms with Gasteiger partial charge in [-0.15, -0.1) is 11.3 Å². The fraction of sp³-hybridized carbons (Fsp3) is 0.286. The van der Waals surface area contributed by atoms with Crippen molar-refractivity contribution in [2.45, 2.75) is 6.42 Å². The van der Waals surface area contributed by atoms with Crippen molar-refractivity contribution in [3.63, 3.8) is 0 Å². The number of aromatic hydroxyl groups is 1. The molecule has 0 aliphatic heterocycles. The quantitative estimate of drug-likeness (QED) is 0.497. The monoisotopic (exact) mass is 357 g/mol. The number of phenols is 1. The van der Waals surface area contributed by atoms with Gasteiger partial charge < -0.3 is 15.5 Å². The molecule has 8 heteroatoms. The molecular weight excluding hydrogens is 342 g/mol. The molecule has 1 aromatic heterocycles. The number of fused-ring (bicyclic) bond motifs is 1. The predicted molar refractivity (Wildman–Crippen MR) is 93.0 cm³/mol. The Morgan fingerprint density at radius 2 is 2.00 bits per heavy atom. The minimum Gasteiger partial charge on any atom is -0.507 e. The summed E-state index contributed by atoms with van der Waals surface area (Å²) in [6, 6.07) is 5.06. The molecule has 2 rings (SSSR count). The minimum absolute atomic E-state index is 0.113. The van der Waals surface area contributed by atoms with E-state index >= 15 is 0 Å². The van der Waals surface area contributed by atoms with E-state index in [-0.39, 0.29) is 18.1 Å². The number of carboxylic acids is 1. The van der Waals surface area contributed by atoms with Crippen LogP contribution in [0.3, 0.4) is 0 Å². The van der Waals surface area contributed by atoms with E-state index in [0.29, 0.717) is 23.6 Å². The Kier molecular flexibility index (Phi) is 6.41. The normalized spacial score (nSPS) is 10.7. The van der Waals surface area contributed by atoms with Crippen molar-refractivity contribution in [2.75, 3.05) is 18.1 Å². The van der Waals surface area contributed by atoms with Gasteiger partial charge in [-0.05, 0) is 23.6 Å². The fourth-order valence-electron chi connectivity index (χ4n) is 1.74. The van der Waals surface area contributed by atoms with Crippen molar-refractivity contribution in [1.82, 2.24) is 5.32 Å². The Hall–Kier alpha value is -1.38. The number of aliphatic carboxylic acids is 1. The van der Waals surface area contributed by atoms with Gasteiger partial charge in [-0.3, -0.25) is 9.59 Å². The van der Waals surface area contributed by atoms with Crippen LogP contribution in [0.5, 0.6) is 5.75 Å². The molecule has 118 valence electrons. The minimum atomic E-state index is -0.801. The number of hydrogen-bond acceptors (Lipinski definition) is 6. The van der Waals surface area contributed by atoms with E-state index in [9.17, 15) is 14.7 Å². The molecule has 1 aromatic carbocycles. The first kappa shape index (κ1) is 17.0. The molecule has 0 radical (unpaired) electrons. The maximum atomic E-state index is 12.0. The van der Waals surface area contributed by atoms with E-state index in [2.05, 4.69) is 5.32 Å². The van der Waals surface area contributed by atoms with Gasteiger partial charge in [0, 0.05) is 33.7 Å². The molecule has 0 atom stereocenters. The summed E-state index contributed by atoms with van der Waals surface area (Å²) in [4.78, 5) is 22.4. The third kappa shape index (κ3) is 4.82. The average molecular weight is 357 g/mol. The summed E-state index contributed by atoms with van der Waals surface area (Å²) in [5, 5.41) is 23.8. The highest BCUT2D eigenvalue weighted by molar-refractivity contribution is 8.76. The molecule has 22 heavy (non-hydrogen) atoms. The van der Waals surface area contributed by atoms with Crippen LogP contribution in [-0.4, -0.2) is 40.1 Å². The number of carbonyl (C=O) groups is 2. The first-order valence-electron chi connectivity index (χ1n) is 6.52. The average Bonchev–Trinajstić information content (AvgIpc) is 2.94. The van der Waals surface area contributed by atoms with Gasteiger partial charge in [0.05, 0.1) is 6.42 Å². The van der Waals surface area contributed by atoms with E-state index in [0.717, 1.165) is 10.1 Å². The molecule has 0 saturated carbocycles. The van der Waals surface area contributed by atoms with Crippen LogP contribution in [0.25, 0.3) is 10.1 Å². The van der Waals surface area contributed by atoms with Crippen LogP contribution in [0.2, 0.25) is 0 Å². The van der Waals surface area contributed by atoms with Gasteiger partial charge in [-0.25, -0.2) is 0 Å². The van der Waals surface area contributed by atoms with Crippen LogP contribution in [0.1, 0.15) is 16.8 Å². The highest BCUT2D eigenvalue weighted by Crippen LogP contribution is 2.30. The second-order valence-corrected chi connectivity index (χ2v) is 8.02. The lowest BCUT2D eigenvalue weighted by Crippen LogP contribution is -2.25. The molecular formula is C14H15NO4S3. The number of nitrogens with one attached hydrogen (secondary N) is 1. The van der Waals surface area contributed by atoms with Crippen LogP contribution in [-0.2, 0) is 4.79 Å². The molecule has 0 saturated heterocycles. The third-order valence-electron chi connectivity index (χ3n) is 2.77. The summed E-state index contributed by atoms with van der Waals surface area (Å²) in [5.41, 5.74) is 0.441. The van der Waals surface area contributed by atoms with E-state index in [1.165, 1.54) is 39.0 Å². The van der Waals surface area contributed by atoms with E-state index < -0.39 is 5.97 Å². The zero-order valence-electron chi connectivity index (χ0n) is 11.6. The van der Waals surface area contributed by atoms with Gasteiger partial charge in [0.25, 0.3) is 5.91 Å². The van der Waals surface area contributed by atoms with Crippen LogP contribution in [0, 0.1) is 0 Å². The first-order chi connectivity index (χ1) is 10.6. The summed E-state index contributed by atoms with van der Waals surface area (Å²) >= 11 is 1.48. The Labute approximate surface area is 139 Å². The Morgan fingerprint density at radius 3 is 2.77 bits per heavy atom. The Balaban J connectivity index is 1.75. The van der Waals surface area contributed by atoms with Crippen molar-refractivity contribution in [3.05, 3.63) is 29.1 Å². The van der Waals surface area contributed by atoms with E-state index in [1.807, 2.05) is 11.4 Å². The van der Waals surface area contributed by atoms with Crippen molar-refractivity contribution in [2.24, 2.45) is 0 Å². The van der Waals surface area contributed by atoms with Gasteiger partial charge >= 0.3 is 5.97 Å². The summed E-state index contributed by atoms with van der Waals surface area (Å²) in [7, 11) is 3.01. The van der Waals surface area contributed by atoms with E-state index in [4.69, 9.17) is 5.11 Å². The van der Waals surface area contributed by atoms with Gasteiger partial charge in [0.2, 0.25) is 0 Å². The van der Waals surface area contributed by atoms with Gasteiger partial charge in [0.15, 0.2) is 0 Å². The number of phenolic OH excluding ortho intramolecular Hbond substituents is 1. The molecule has 5 nitrogen and oxygen atoms in total. The molecule has 1 heterocycles. The maximum Gasteiger partial charge on any atom is 0.304 e. The summed E-state index contributed by atoms with van der Waals surface area (Å²) < 4.78 is 0.878. The number of thiophene rings is 1. The number of rotatable bonds is 8. The highest BCUT2D eigenvalue weighted by Gasteiger charge is 2.10. The molecule has 2 aromatic rings. The van der Waals surface area contributed by atoms with Gasteiger partial charge in [0.1, 0.15) is 5.75 Å². The summed E-state index contributed by atoms with van der Waals surface area (Å²) in [5.74, 6) is 0.342. The second kappa shape index (κ2) is 8.30. The lowest BCUT2D eigenvalue weighted by molar-refractivity contribution is -0.136. The SMILES string of the molecule is O=C(O)CCSSCCNC(=O)c1cc(O)c2ccsc2c1. The molecule has 3 N–H and O–H groups in total. The molecule has 0 bridgehead atoms. The van der Waals surface area contributed by atoms with Gasteiger partial charge in [-0.2, -0.15) is 0 Å². The topological polar surface area (TPSA) is 86.6 Å². The molecule has 1 amide bonds. The Bertz CT molecular complexity index is 671. The lowest BCUT2D eigenvalue weighted by Gasteiger charge is -2.06. The van der Waals surface area contributed by atoms with Crippen molar-refractivity contribution in [3.8, 4) is 5.75 Å². The first-order valence-corrected chi connectivity index (χ1v) is 9.89. The summed E-state index contributed by atoms with van der Waals surface area (Å²) in [6.07, 6.45) is 0.143.